The van der Waals surface area contributed by atoms with Gasteiger partial charge in [0.05, 0.1) is 5.56 Å². The summed E-state index contributed by atoms with van der Waals surface area (Å²) in [5, 5.41) is 8.56. The van der Waals surface area contributed by atoms with E-state index in [2.05, 4.69) is 15.6 Å². The number of hydrogen-bond donors (Lipinski definition) is 1. The molecule has 1 N–H and O–H groups in total. The maximum Gasteiger partial charge on any atom is 0.311 e. The van der Waals surface area contributed by atoms with Crippen LogP contribution in [0.25, 0.3) is 10.9 Å². The molecule has 2 aromatic carbocycles. The van der Waals surface area contributed by atoms with Gasteiger partial charge in [0.15, 0.2) is 0 Å². The number of nitrogens with one attached hydrogen (secondary N) is 1. The van der Waals surface area contributed by atoms with Crippen LogP contribution in [0.15, 0.2) is 67.4 Å². The molecule has 8 heteroatoms. The molecule has 0 saturated heterocycles. The van der Waals surface area contributed by atoms with Crippen molar-refractivity contribution in [2.24, 2.45) is 0 Å². The number of carbonyl (C=O) groups is 2. The Labute approximate surface area is 159 Å². The Morgan fingerprint density at radius 2 is 1.70 bits per heavy atom. The van der Waals surface area contributed by atoms with Gasteiger partial charge >= 0.3 is 5.91 Å². The molecule has 0 bridgehead atoms. The van der Waals surface area contributed by atoms with E-state index < -0.39 is 11.7 Å². The van der Waals surface area contributed by atoms with Crippen molar-refractivity contribution in [2.45, 2.75) is 6.54 Å². The van der Waals surface area contributed by atoms with Crippen LogP contribution in [-0.2, 0) is 11.3 Å². The first-order valence-corrected chi connectivity index (χ1v) is 8.52. The average Bonchev–Trinajstić information content (AvgIpc) is 3.31. The van der Waals surface area contributed by atoms with E-state index in [-0.39, 0.29) is 0 Å². The number of fused-ring (bicyclic) bond motifs is 1. The highest BCUT2D eigenvalue weighted by molar-refractivity contribution is 6.47. The van der Waals surface area contributed by atoms with Gasteiger partial charge < -0.3 is 4.57 Å². The third kappa shape index (κ3) is 3.45. The number of benzene rings is 2. The average molecular weight is 380 g/mol. The summed E-state index contributed by atoms with van der Waals surface area (Å²) >= 11 is 5.94. The Hall–Kier alpha value is -3.45. The summed E-state index contributed by atoms with van der Waals surface area (Å²) < 4.78 is 3.17. The number of ketones is 1. The molecule has 1 amide bonds. The van der Waals surface area contributed by atoms with E-state index in [1.54, 1.807) is 6.20 Å². The first kappa shape index (κ1) is 17.0. The maximum atomic E-state index is 12.7. The number of rotatable bonds is 5. The largest absolute Gasteiger partial charge is 0.342 e. The fraction of sp³-hybridized carbons (Fsp3) is 0.0526. The number of halogens is 1. The molecule has 0 aliphatic heterocycles. The Kier molecular flexibility index (Phi) is 4.43. The van der Waals surface area contributed by atoms with E-state index in [1.165, 1.54) is 17.3 Å². The molecule has 2 aromatic heterocycles. The monoisotopic (exact) mass is 379 g/mol. The minimum atomic E-state index is -0.760. The molecule has 0 spiro atoms. The highest BCUT2D eigenvalue weighted by Gasteiger charge is 2.22. The summed E-state index contributed by atoms with van der Waals surface area (Å²) in [6.07, 6.45) is 4.30. The van der Waals surface area contributed by atoms with Crippen LogP contribution < -0.4 is 5.43 Å². The van der Waals surface area contributed by atoms with Crippen molar-refractivity contribution in [1.29, 1.82) is 0 Å². The van der Waals surface area contributed by atoms with Crippen LogP contribution in [0.1, 0.15) is 15.9 Å². The second-order valence-corrected chi connectivity index (χ2v) is 6.39. The van der Waals surface area contributed by atoms with Gasteiger partial charge in [0, 0.05) is 28.7 Å². The van der Waals surface area contributed by atoms with Crippen molar-refractivity contribution in [3.05, 3.63) is 83.5 Å². The zero-order chi connectivity index (χ0) is 18.8. The maximum absolute atomic E-state index is 12.7. The molecule has 0 aliphatic rings. The topological polar surface area (TPSA) is 81.8 Å². The summed E-state index contributed by atoms with van der Waals surface area (Å²) in [5.41, 5.74) is 4.67. The molecular formula is C19H14ClN5O2. The predicted molar refractivity (Wildman–Crippen MR) is 101 cm³/mol. The Morgan fingerprint density at radius 1 is 1.00 bits per heavy atom. The minimum Gasteiger partial charge on any atom is -0.342 e. The van der Waals surface area contributed by atoms with E-state index >= 15 is 0 Å². The highest BCUT2D eigenvalue weighted by Crippen LogP contribution is 2.23. The van der Waals surface area contributed by atoms with Gasteiger partial charge in [-0.15, -0.1) is 10.2 Å². The molecule has 4 rings (SSSR count). The van der Waals surface area contributed by atoms with Crippen molar-refractivity contribution < 1.29 is 9.59 Å². The Bertz CT molecular complexity index is 1120. The number of amides is 1. The van der Waals surface area contributed by atoms with Gasteiger partial charge in [0.25, 0.3) is 5.78 Å². The molecular weight excluding hydrogens is 366 g/mol. The van der Waals surface area contributed by atoms with Gasteiger partial charge in [-0.05, 0) is 23.8 Å². The second kappa shape index (κ2) is 7.05. The van der Waals surface area contributed by atoms with Crippen molar-refractivity contribution in [3.8, 4) is 0 Å². The summed E-state index contributed by atoms with van der Waals surface area (Å²) in [6.45, 7) is 0.554. The van der Waals surface area contributed by atoms with Gasteiger partial charge in [-0.1, -0.05) is 41.9 Å². The lowest BCUT2D eigenvalue weighted by Crippen LogP contribution is -2.29. The lowest BCUT2D eigenvalue weighted by atomic mass is 10.1. The summed E-state index contributed by atoms with van der Waals surface area (Å²) in [7, 11) is 0. The first-order valence-electron chi connectivity index (χ1n) is 8.14. The molecule has 4 aromatic rings. The van der Waals surface area contributed by atoms with Gasteiger partial charge in [0.2, 0.25) is 0 Å². The third-order valence-corrected chi connectivity index (χ3v) is 4.41. The summed E-state index contributed by atoms with van der Waals surface area (Å²) in [5.74, 6) is -1.39. The van der Waals surface area contributed by atoms with Crippen LogP contribution in [0.2, 0.25) is 5.02 Å². The van der Waals surface area contributed by atoms with E-state index in [0.717, 1.165) is 16.5 Å². The molecule has 0 saturated carbocycles. The number of Topliss-reactive ketones (excluding diaryl/α,β-unsaturated/α-hetero) is 1. The number of nitrogens with zero attached hydrogens (tertiary/aromatic N) is 4. The number of carbonyl (C=O) groups excluding carboxylic acids is 2. The van der Waals surface area contributed by atoms with E-state index in [9.17, 15) is 9.59 Å². The predicted octanol–water partition coefficient (Wildman–Crippen LogP) is 2.89. The van der Waals surface area contributed by atoms with Crippen molar-refractivity contribution in [3.63, 3.8) is 0 Å². The Morgan fingerprint density at radius 3 is 2.44 bits per heavy atom. The summed E-state index contributed by atoms with van der Waals surface area (Å²) in [6, 6.07) is 15.0. The van der Waals surface area contributed by atoms with E-state index in [0.29, 0.717) is 17.1 Å². The zero-order valence-corrected chi connectivity index (χ0v) is 14.8. The normalized spacial score (nSPS) is 10.9. The molecule has 2 heterocycles. The second-order valence-electron chi connectivity index (χ2n) is 5.95. The molecule has 134 valence electrons. The van der Waals surface area contributed by atoms with Crippen molar-refractivity contribution in [2.75, 3.05) is 5.43 Å². The molecule has 0 radical (unpaired) electrons. The standard InChI is InChI=1S/C19H14ClN5O2/c20-14-7-5-13(6-8-14)9-24-10-16(15-3-1-2-4-17(15)24)18(26)19(27)23-25-11-21-22-12-25/h1-8,10-12H,9H2,(H,23,27). The van der Waals surface area contributed by atoms with Crippen LogP contribution in [-0.4, -0.2) is 31.1 Å². The van der Waals surface area contributed by atoms with Crippen LogP contribution in [0, 0.1) is 0 Å². The van der Waals surface area contributed by atoms with Crippen LogP contribution in [0.5, 0.6) is 0 Å². The van der Waals surface area contributed by atoms with Gasteiger partial charge in [0.1, 0.15) is 12.7 Å². The SMILES string of the molecule is O=C(Nn1cnnc1)C(=O)c1cn(Cc2ccc(Cl)cc2)c2ccccc12. The van der Waals surface area contributed by atoms with E-state index in [4.69, 9.17) is 11.6 Å². The zero-order valence-electron chi connectivity index (χ0n) is 14.0. The molecule has 0 aliphatic carbocycles. The first-order chi connectivity index (χ1) is 13.1. The smallest absolute Gasteiger partial charge is 0.311 e. The Balaban J connectivity index is 1.67. The quantitative estimate of drug-likeness (QED) is 0.427. The lowest BCUT2D eigenvalue weighted by Gasteiger charge is -2.05. The van der Waals surface area contributed by atoms with Crippen LogP contribution >= 0.6 is 11.6 Å². The number of para-hydroxylation sites is 1. The van der Waals surface area contributed by atoms with Gasteiger partial charge in [-0.3, -0.25) is 15.0 Å². The third-order valence-electron chi connectivity index (χ3n) is 4.16. The highest BCUT2D eigenvalue weighted by atomic mass is 35.5. The van der Waals surface area contributed by atoms with Crippen LogP contribution in [0.4, 0.5) is 0 Å². The molecule has 7 nitrogen and oxygen atoms in total. The minimum absolute atomic E-state index is 0.338. The van der Waals surface area contributed by atoms with Gasteiger partial charge in [-0.25, -0.2) is 4.68 Å². The fourth-order valence-corrected chi connectivity index (χ4v) is 3.02. The molecule has 0 fully saturated rings. The van der Waals surface area contributed by atoms with Crippen LogP contribution in [0.3, 0.4) is 0 Å². The number of aromatic nitrogens is 4. The van der Waals surface area contributed by atoms with Crippen molar-refractivity contribution >= 4 is 34.2 Å². The molecule has 0 unspecified atom stereocenters. The fourth-order valence-electron chi connectivity index (χ4n) is 2.89. The molecule has 27 heavy (non-hydrogen) atoms. The van der Waals surface area contributed by atoms with E-state index in [1.807, 2.05) is 53.1 Å². The summed E-state index contributed by atoms with van der Waals surface area (Å²) in [4.78, 5) is 25.0. The number of hydrogen-bond acceptors (Lipinski definition) is 4. The molecule has 0 atom stereocenters. The van der Waals surface area contributed by atoms with Gasteiger partial charge in [-0.2, -0.15) is 0 Å². The lowest BCUT2D eigenvalue weighted by molar-refractivity contribution is -0.113. The van der Waals surface area contributed by atoms with Crippen molar-refractivity contribution in [1.82, 2.24) is 19.4 Å².